The Morgan fingerprint density at radius 1 is 0.862 bits per heavy atom. The molecule has 3 aromatic rings. The van der Waals surface area contributed by atoms with Crippen molar-refractivity contribution in [1.29, 1.82) is 0 Å². The van der Waals surface area contributed by atoms with Gasteiger partial charge < -0.3 is 16.0 Å². The number of hydrogen-bond donors (Lipinski definition) is 3. The van der Waals surface area contributed by atoms with Crippen molar-refractivity contribution in [3.8, 4) is 0 Å². The molecule has 3 rings (SSSR count). The van der Waals surface area contributed by atoms with Gasteiger partial charge in [-0.1, -0.05) is 0 Å². The second-order valence-corrected chi connectivity index (χ2v) is 6.30. The highest BCUT2D eigenvalue weighted by Crippen LogP contribution is 2.30. The molecule has 9 heteroatoms. The summed E-state index contributed by atoms with van der Waals surface area (Å²) >= 11 is 0. The maximum Gasteiger partial charge on any atom is 0.416 e. The number of halogens is 3. The minimum atomic E-state index is -4.38. The predicted octanol–water partition coefficient (Wildman–Crippen LogP) is 5.25. The van der Waals surface area contributed by atoms with Crippen molar-refractivity contribution >= 4 is 34.7 Å². The van der Waals surface area contributed by atoms with Gasteiger partial charge in [-0.05, 0) is 55.5 Å². The number of aryl methyl sites for hydroxylation is 1. The van der Waals surface area contributed by atoms with Crippen LogP contribution in [-0.4, -0.2) is 15.9 Å². The number of alkyl halides is 3. The molecule has 2 aromatic carbocycles. The molecule has 0 fully saturated rings. The minimum Gasteiger partial charge on any atom is -0.340 e. The van der Waals surface area contributed by atoms with Crippen molar-refractivity contribution in [2.24, 2.45) is 0 Å². The second kappa shape index (κ2) is 8.17. The molecule has 0 bridgehead atoms. The zero-order chi connectivity index (χ0) is 21.0. The van der Waals surface area contributed by atoms with Crippen molar-refractivity contribution in [1.82, 2.24) is 9.97 Å². The van der Waals surface area contributed by atoms with E-state index >= 15 is 0 Å². The van der Waals surface area contributed by atoms with Gasteiger partial charge in [0.2, 0.25) is 11.9 Å². The zero-order valence-electron chi connectivity index (χ0n) is 15.6. The van der Waals surface area contributed by atoms with Gasteiger partial charge >= 0.3 is 6.18 Å². The molecule has 0 aliphatic rings. The van der Waals surface area contributed by atoms with Gasteiger partial charge in [-0.2, -0.15) is 18.2 Å². The molecule has 150 valence electrons. The van der Waals surface area contributed by atoms with Crippen molar-refractivity contribution < 1.29 is 18.0 Å². The first kappa shape index (κ1) is 20.1. The Balaban J connectivity index is 1.73. The molecular weight excluding hydrogens is 383 g/mol. The Hall–Kier alpha value is -3.62. The first-order valence-electron chi connectivity index (χ1n) is 8.64. The van der Waals surface area contributed by atoms with Crippen LogP contribution >= 0.6 is 0 Å². The Bertz CT molecular complexity index is 1000. The Morgan fingerprint density at radius 2 is 1.41 bits per heavy atom. The molecule has 29 heavy (non-hydrogen) atoms. The molecule has 0 saturated carbocycles. The molecular formula is C20H18F3N5O. The van der Waals surface area contributed by atoms with Crippen molar-refractivity contribution in [3.63, 3.8) is 0 Å². The lowest BCUT2D eigenvalue weighted by atomic mass is 10.2. The van der Waals surface area contributed by atoms with E-state index in [2.05, 4.69) is 25.9 Å². The minimum absolute atomic E-state index is 0.156. The fourth-order valence-corrected chi connectivity index (χ4v) is 2.55. The first-order valence-corrected chi connectivity index (χ1v) is 8.64. The van der Waals surface area contributed by atoms with Crippen molar-refractivity contribution in [2.45, 2.75) is 20.0 Å². The lowest BCUT2D eigenvalue weighted by molar-refractivity contribution is -0.137. The third kappa shape index (κ3) is 5.68. The molecule has 0 radical (unpaired) electrons. The number of rotatable bonds is 5. The Labute approximate surface area is 165 Å². The summed E-state index contributed by atoms with van der Waals surface area (Å²) in [7, 11) is 0. The molecule has 3 N–H and O–H groups in total. The largest absolute Gasteiger partial charge is 0.416 e. The average molecular weight is 401 g/mol. The maximum atomic E-state index is 12.7. The number of benzene rings is 2. The SMILES string of the molecule is CC(=O)Nc1ccc(Nc2cc(C)nc(Nc3ccc(C(F)(F)F)cc3)n2)cc1. The van der Waals surface area contributed by atoms with Crippen LogP contribution < -0.4 is 16.0 Å². The molecule has 6 nitrogen and oxygen atoms in total. The molecule has 0 spiro atoms. The summed E-state index contributed by atoms with van der Waals surface area (Å²) in [6.07, 6.45) is -4.38. The molecule has 1 aromatic heterocycles. The number of hydrogen-bond acceptors (Lipinski definition) is 5. The lowest BCUT2D eigenvalue weighted by Gasteiger charge is -2.11. The molecule has 0 atom stereocenters. The number of anilines is 5. The van der Waals surface area contributed by atoms with E-state index in [0.717, 1.165) is 17.8 Å². The third-order valence-electron chi connectivity index (χ3n) is 3.80. The summed E-state index contributed by atoms with van der Waals surface area (Å²) in [5.74, 6) is 0.609. The summed E-state index contributed by atoms with van der Waals surface area (Å²) < 4.78 is 38.0. The van der Waals surface area contributed by atoms with E-state index in [4.69, 9.17) is 0 Å². The number of nitrogens with one attached hydrogen (secondary N) is 3. The summed E-state index contributed by atoms with van der Waals surface area (Å²) in [4.78, 5) is 19.7. The number of amides is 1. The fourth-order valence-electron chi connectivity index (χ4n) is 2.55. The highest BCUT2D eigenvalue weighted by Gasteiger charge is 2.29. The van der Waals surface area contributed by atoms with Gasteiger partial charge in [0, 0.05) is 35.7 Å². The van der Waals surface area contributed by atoms with E-state index in [1.165, 1.54) is 19.1 Å². The predicted molar refractivity (Wildman–Crippen MR) is 106 cm³/mol. The molecule has 0 unspecified atom stereocenters. The third-order valence-corrected chi connectivity index (χ3v) is 3.80. The van der Waals surface area contributed by atoms with Crippen LogP contribution in [0.2, 0.25) is 0 Å². The van der Waals surface area contributed by atoms with E-state index < -0.39 is 11.7 Å². The monoisotopic (exact) mass is 401 g/mol. The Kier molecular flexibility index (Phi) is 5.67. The summed E-state index contributed by atoms with van der Waals surface area (Å²) in [5.41, 5.74) is 1.81. The van der Waals surface area contributed by atoms with Gasteiger partial charge in [0.1, 0.15) is 5.82 Å². The molecule has 0 aliphatic carbocycles. The lowest BCUT2D eigenvalue weighted by Crippen LogP contribution is -2.06. The van der Waals surface area contributed by atoms with E-state index in [0.29, 0.717) is 22.9 Å². The van der Waals surface area contributed by atoms with Crippen LogP contribution in [0.1, 0.15) is 18.2 Å². The van der Waals surface area contributed by atoms with Gasteiger partial charge in [0.15, 0.2) is 0 Å². The second-order valence-electron chi connectivity index (χ2n) is 6.30. The summed E-state index contributed by atoms with van der Waals surface area (Å²) in [6.45, 7) is 3.21. The zero-order valence-corrected chi connectivity index (χ0v) is 15.6. The van der Waals surface area contributed by atoms with Crippen LogP contribution in [0.5, 0.6) is 0 Å². The Morgan fingerprint density at radius 3 is 2.00 bits per heavy atom. The van der Waals surface area contributed by atoms with Gasteiger partial charge in [-0.25, -0.2) is 4.98 Å². The molecule has 0 saturated heterocycles. The van der Waals surface area contributed by atoms with Crippen molar-refractivity contribution in [3.05, 3.63) is 65.9 Å². The summed E-state index contributed by atoms with van der Waals surface area (Å²) in [5, 5.41) is 8.71. The van der Waals surface area contributed by atoms with E-state index in [1.54, 1.807) is 37.3 Å². The number of aromatic nitrogens is 2. The summed E-state index contributed by atoms with van der Waals surface area (Å²) in [6, 6.07) is 13.4. The smallest absolute Gasteiger partial charge is 0.340 e. The highest BCUT2D eigenvalue weighted by atomic mass is 19.4. The van der Waals surface area contributed by atoms with Gasteiger partial charge in [-0.15, -0.1) is 0 Å². The molecule has 0 aliphatic heterocycles. The van der Waals surface area contributed by atoms with Crippen LogP contribution in [-0.2, 0) is 11.0 Å². The van der Waals surface area contributed by atoms with E-state index in [-0.39, 0.29) is 11.9 Å². The number of carbonyl (C=O) groups is 1. The van der Waals surface area contributed by atoms with E-state index in [9.17, 15) is 18.0 Å². The normalized spacial score (nSPS) is 11.1. The number of nitrogens with zero attached hydrogens (tertiary/aromatic N) is 2. The van der Waals surface area contributed by atoms with Gasteiger partial charge in [0.05, 0.1) is 5.56 Å². The molecule has 1 heterocycles. The van der Waals surface area contributed by atoms with Gasteiger partial charge in [-0.3, -0.25) is 4.79 Å². The van der Waals surface area contributed by atoms with E-state index in [1.807, 2.05) is 0 Å². The number of carbonyl (C=O) groups excluding carboxylic acids is 1. The highest BCUT2D eigenvalue weighted by molar-refractivity contribution is 5.88. The standard InChI is InChI=1S/C20H18F3N5O/c1-12-11-18(26-16-9-7-15(8-10-16)25-13(2)29)28-19(24-12)27-17-5-3-14(4-6-17)20(21,22)23/h3-11H,1-2H3,(H,25,29)(H2,24,26,27,28). The van der Waals surface area contributed by atoms with Gasteiger partial charge in [0.25, 0.3) is 0 Å². The maximum absolute atomic E-state index is 12.7. The topological polar surface area (TPSA) is 78.9 Å². The average Bonchev–Trinajstić information content (AvgIpc) is 2.62. The van der Waals surface area contributed by atoms with Crippen molar-refractivity contribution in [2.75, 3.05) is 16.0 Å². The van der Waals surface area contributed by atoms with Crippen LogP contribution in [0.4, 0.5) is 42.0 Å². The van der Waals surface area contributed by atoms with Crippen LogP contribution in [0.15, 0.2) is 54.6 Å². The quantitative estimate of drug-likeness (QED) is 0.544. The van der Waals surface area contributed by atoms with Crippen LogP contribution in [0.25, 0.3) is 0 Å². The van der Waals surface area contributed by atoms with Crippen LogP contribution in [0.3, 0.4) is 0 Å². The first-order chi connectivity index (χ1) is 13.7. The fraction of sp³-hybridized carbons (Fsp3) is 0.150. The van der Waals surface area contributed by atoms with Crippen LogP contribution in [0, 0.1) is 6.92 Å². The molecule has 1 amide bonds.